The Hall–Kier alpha value is -1.10. The molecule has 1 atom stereocenters. The van der Waals surface area contributed by atoms with Gasteiger partial charge < -0.3 is 20.8 Å². The largest absolute Gasteiger partial charge is 0.508 e. The second kappa shape index (κ2) is 5.84. The standard InChI is InChI=1S/C12H20N2O2/c1-14(2)6-5-9-3-4-11(15)10(7-9)12(16)8-13/h3-4,7,12,15-16H,5-6,8,13H2,1-2H3. The minimum absolute atomic E-state index is 0.103. The van der Waals surface area contributed by atoms with Crippen LogP contribution in [0.15, 0.2) is 18.2 Å². The van der Waals surface area contributed by atoms with Gasteiger partial charge in [-0.1, -0.05) is 6.07 Å². The normalized spacial score (nSPS) is 13.1. The highest BCUT2D eigenvalue weighted by Crippen LogP contribution is 2.24. The first-order valence-electron chi connectivity index (χ1n) is 5.39. The van der Waals surface area contributed by atoms with Crippen molar-refractivity contribution in [3.8, 4) is 5.75 Å². The third kappa shape index (κ3) is 3.48. The van der Waals surface area contributed by atoms with Crippen LogP contribution in [0.4, 0.5) is 0 Å². The lowest BCUT2D eigenvalue weighted by molar-refractivity contribution is 0.182. The molecular weight excluding hydrogens is 204 g/mol. The Kier molecular flexibility index (Phi) is 4.73. The summed E-state index contributed by atoms with van der Waals surface area (Å²) >= 11 is 0. The van der Waals surface area contributed by atoms with E-state index in [1.54, 1.807) is 6.07 Å². The van der Waals surface area contributed by atoms with Gasteiger partial charge >= 0.3 is 0 Å². The summed E-state index contributed by atoms with van der Waals surface area (Å²) in [6.45, 7) is 1.05. The fourth-order valence-corrected chi connectivity index (χ4v) is 1.51. The molecule has 0 aliphatic carbocycles. The predicted octanol–water partition coefficient (Wildman–Crippen LogP) is 0.488. The molecule has 90 valence electrons. The Morgan fingerprint density at radius 3 is 2.62 bits per heavy atom. The van der Waals surface area contributed by atoms with Crippen molar-refractivity contribution in [1.29, 1.82) is 0 Å². The fraction of sp³-hybridized carbons (Fsp3) is 0.500. The molecule has 1 unspecified atom stereocenters. The van der Waals surface area contributed by atoms with E-state index in [0.29, 0.717) is 5.56 Å². The quantitative estimate of drug-likeness (QED) is 0.680. The summed E-state index contributed by atoms with van der Waals surface area (Å²) in [5, 5.41) is 19.2. The van der Waals surface area contributed by atoms with Gasteiger partial charge in [-0.2, -0.15) is 0 Å². The van der Waals surface area contributed by atoms with Crippen molar-refractivity contribution in [3.63, 3.8) is 0 Å². The summed E-state index contributed by atoms with van der Waals surface area (Å²) in [4.78, 5) is 2.09. The van der Waals surface area contributed by atoms with E-state index in [9.17, 15) is 10.2 Å². The molecule has 0 amide bonds. The second-order valence-corrected chi connectivity index (χ2v) is 4.20. The van der Waals surface area contributed by atoms with E-state index in [4.69, 9.17) is 5.73 Å². The number of rotatable bonds is 5. The van der Waals surface area contributed by atoms with E-state index < -0.39 is 6.10 Å². The van der Waals surface area contributed by atoms with Gasteiger partial charge in [-0.05, 0) is 38.2 Å². The molecule has 0 radical (unpaired) electrons. The number of phenolic OH excluding ortho intramolecular Hbond substituents is 1. The maximum Gasteiger partial charge on any atom is 0.121 e. The van der Waals surface area contributed by atoms with Crippen LogP contribution in [0.25, 0.3) is 0 Å². The number of aliphatic hydroxyl groups excluding tert-OH is 1. The number of aromatic hydroxyl groups is 1. The van der Waals surface area contributed by atoms with Crippen molar-refractivity contribution in [2.24, 2.45) is 5.73 Å². The molecule has 4 heteroatoms. The average molecular weight is 224 g/mol. The van der Waals surface area contributed by atoms with Crippen molar-refractivity contribution >= 4 is 0 Å². The van der Waals surface area contributed by atoms with Gasteiger partial charge in [0.05, 0.1) is 6.10 Å². The highest BCUT2D eigenvalue weighted by Gasteiger charge is 2.11. The molecule has 0 heterocycles. The van der Waals surface area contributed by atoms with E-state index in [2.05, 4.69) is 4.90 Å². The summed E-state index contributed by atoms with van der Waals surface area (Å²) in [6.07, 6.45) is 0.0942. The lowest BCUT2D eigenvalue weighted by atomic mass is 10.0. The smallest absolute Gasteiger partial charge is 0.121 e. The fourth-order valence-electron chi connectivity index (χ4n) is 1.51. The number of nitrogens with zero attached hydrogens (tertiary/aromatic N) is 1. The summed E-state index contributed by atoms with van der Waals surface area (Å²) in [5.41, 5.74) is 6.98. The van der Waals surface area contributed by atoms with Crippen molar-refractivity contribution in [1.82, 2.24) is 4.90 Å². The molecule has 0 spiro atoms. The first-order valence-corrected chi connectivity index (χ1v) is 5.39. The highest BCUT2D eigenvalue weighted by molar-refractivity contribution is 5.38. The van der Waals surface area contributed by atoms with E-state index in [0.717, 1.165) is 18.5 Å². The number of nitrogens with two attached hydrogens (primary N) is 1. The molecule has 0 bridgehead atoms. The summed E-state index contributed by atoms with van der Waals surface area (Å²) in [6, 6.07) is 5.29. The van der Waals surface area contributed by atoms with Crippen LogP contribution >= 0.6 is 0 Å². The molecule has 4 nitrogen and oxygen atoms in total. The lowest BCUT2D eigenvalue weighted by Crippen LogP contribution is -2.16. The van der Waals surface area contributed by atoms with Crippen LogP contribution in [-0.4, -0.2) is 42.3 Å². The first kappa shape index (κ1) is 13.0. The van der Waals surface area contributed by atoms with Crippen LogP contribution in [0.1, 0.15) is 17.2 Å². The van der Waals surface area contributed by atoms with Gasteiger partial charge in [0, 0.05) is 18.7 Å². The van der Waals surface area contributed by atoms with Gasteiger partial charge in [-0.3, -0.25) is 0 Å². The van der Waals surface area contributed by atoms with Crippen molar-refractivity contribution in [2.75, 3.05) is 27.2 Å². The number of hydrogen-bond acceptors (Lipinski definition) is 4. The van der Waals surface area contributed by atoms with E-state index in [1.165, 1.54) is 0 Å². The average Bonchev–Trinajstić information content (AvgIpc) is 2.27. The molecule has 0 aliphatic heterocycles. The maximum absolute atomic E-state index is 9.62. The van der Waals surface area contributed by atoms with Gasteiger partial charge in [-0.25, -0.2) is 0 Å². The van der Waals surface area contributed by atoms with Crippen LogP contribution in [0, 0.1) is 0 Å². The van der Waals surface area contributed by atoms with Crippen LogP contribution in [0.2, 0.25) is 0 Å². The Morgan fingerprint density at radius 2 is 2.06 bits per heavy atom. The molecule has 4 N–H and O–H groups in total. The molecule has 1 aromatic carbocycles. The SMILES string of the molecule is CN(C)CCc1ccc(O)c(C(O)CN)c1. The van der Waals surface area contributed by atoms with E-state index >= 15 is 0 Å². The molecule has 16 heavy (non-hydrogen) atoms. The molecule has 0 aromatic heterocycles. The third-order valence-electron chi connectivity index (χ3n) is 2.52. The topological polar surface area (TPSA) is 69.7 Å². The number of aliphatic hydroxyl groups is 1. The number of phenols is 1. The van der Waals surface area contributed by atoms with Gasteiger partial charge in [0.1, 0.15) is 5.75 Å². The Bertz CT molecular complexity index is 340. The summed E-state index contributed by atoms with van der Waals surface area (Å²) in [7, 11) is 4.02. The Balaban J connectivity index is 2.81. The molecule has 1 aromatic rings. The lowest BCUT2D eigenvalue weighted by Gasteiger charge is -2.13. The Labute approximate surface area is 96.3 Å². The zero-order valence-corrected chi connectivity index (χ0v) is 9.85. The van der Waals surface area contributed by atoms with E-state index in [-0.39, 0.29) is 12.3 Å². The Morgan fingerprint density at radius 1 is 1.38 bits per heavy atom. The van der Waals surface area contributed by atoms with Gasteiger partial charge in [0.2, 0.25) is 0 Å². The van der Waals surface area contributed by atoms with Crippen LogP contribution < -0.4 is 5.73 Å². The first-order chi connectivity index (χ1) is 7.54. The monoisotopic (exact) mass is 224 g/mol. The van der Waals surface area contributed by atoms with Crippen molar-refractivity contribution in [2.45, 2.75) is 12.5 Å². The summed E-state index contributed by atoms with van der Waals surface area (Å²) in [5.74, 6) is 0.103. The molecular formula is C12H20N2O2. The molecule has 0 saturated carbocycles. The molecule has 0 saturated heterocycles. The number of likely N-dealkylation sites (N-methyl/N-ethyl adjacent to an activating group) is 1. The number of hydrogen-bond donors (Lipinski definition) is 3. The zero-order valence-electron chi connectivity index (χ0n) is 9.85. The molecule has 1 rings (SSSR count). The van der Waals surface area contributed by atoms with Crippen LogP contribution in [-0.2, 0) is 6.42 Å². The highest BCUT2D eigenvalue weighted by atomic mass is 16.3. The second-order valence-electron chi connectivity index (χ2n) is 4.20. The maximum atomic E-state index is 9.62. The minimum Gasteiger partial charge on any atom is -0.508 e. The number of benzene rings is 1. The van der Waals surface area contributed by atoms with Crippen LogP contribution in [0.5, 0.6) is 5.75 Å². The predicted molar refractivity (Wildman–Crippen MR) is 64.4 cm³/mol. The van der Waals surface area contributed by atoms with Gasteiger partial charge in [0.15, 0.2) is 0 Å². The van der Waals surface area contributed by atoms with Gasteiger partial charge in [-0.15, -0.1) is 0 Å². The summed E-state index contributed by atoms with van der Waals surface area (Å²) < 4.78 is 0. The van der Waals surface area contributed by atoms with Crippen molar-refractivity contribution in [3.05, 3.63) is 29.3 Å². The van der Waals surface area contributed by atoms with Crippen molar-refractivity contribution < 1.29 is 10.2 Å². The van der Waals surface area contributed by atoms with E-state index in [1.807, 2.05) is 26.2 Å². The molecule has 0 fully saturated rings. The molecule has 0 aliphatic rings. The third-order valence-corrected chi connectivity index (χ3v) is 2.52. The van der Waals surface area contributed by atoms with Gasteiger partial charge in [0.25, 0.3) is 0 Å². The van der Waals surface area contributed by atoms with Crippen LogP contribution in [0.3, 0.4) is 0 Å². The minimum atomic E-state index is -0.792. The zero-order chi connectivity index (χ0) is 12.1.